The molecule has 0 radical (unpaired) electrons. The van der Waals surface area contributed by atoms with E-state index >= 15 is 0 Å². The van der Waals surface area contributed by atoms with Crippen LogP contribution in [0.2, 0.25) is 0 Å². The normalized spacial score (nSPS) is 13.1. The average Bonchev–Trinajstić information content (AvgIpc) is 3.40. The Labute approximate surface area is 169 Å². The number of imide groups is 1. The molecule has 29 heavy (non-hydrogen) atoms. The Balaban J connectivity index is 1.36. The van der Waals surface area contributed by atoms with Crippen molar-refractivity contribution in [3.63, 3.8) is 0 Å². The van der Waals surface area contributed by atoms with Crippen molar-refractivity contribution in [1.29, 1.82) is 0 Å². The van der Waals surface area contributed by atoms with Gasteiger partial charge in [0.1, 0.15) is 6.54 Å². The van der Waals surface area contributed by atoms with Crippen LogP contribution in [0.3, 0.4) is 0 Å². The van der Waals surface area contributed by atoms with Gasteiger partial charge in [-0.3, -0.25) is 23.9 Å². The number of rotatable bonds is 6. The molecular formula is C19H17N5O4S. The fraction of sp³-hybridized carbons (Fsp3) is 0.211. The highest BCUT2D eigenvalue weighted by Gasteiger charge is 2.36. The second kappa shape index (κ2) is 7.47. The maximum atomic E-state index is 12.3. The van der Waals surface area contributed by atoms with Gasteiger partial charge >= 0.3 is 5.69 Å². The number of thiophene rings is 1. The zero-order chi connectivity index (χ0) is 20.5. The number of hydrogen-bond donors (Lipinski definition) is 1. The van der Waals surface area contributed by atoms with E-state index in [1.165, 1.54) is 20.6 Å². The van der Waals surface area contributed by atoms with Gasteiger partial charge in [-0.1, -0.05) is 18.2 Å². The van der Waals surface area contributed by atoms with Crippen LogP contribution in [-0.2, 0) is 18.4 Å². The molecule has 10 heteroatoms. The molecule has 0 fully saturated rings. The standard InChI is InChI=1S/C19H17N5O4S/c1-22-16(14-7-4-10-29-14)21-24(19(22)28)9-8-20-15(25)11-23-17(26)12-5-2-3-6-13(12)18(23)27/h2-7,10H,8-9,11H2,1H3,(H,20,25). The van der Waals surface area contributed by atoms with E-state index < -0.39 is 17.7 Å². The predicted octanol–water partition coefficient (Wildman–Crippen LogP) is 0.723. The van der Waals surface area contributed by atoms with Crippen molar-refractivity contribution >= 4 is 29.1 Å². The lowest BCUT2D eigenvalue weighted by atomic mass is 10.1. The van der Waals surface area contributed by atoms with Gasteiger partial charge in [-0.15, -0.1) is 16.4 Å². The Morgan fingerprint density at radius 3 is 2.38 bits per heavy atom. The van der Waals surface area contributed by atoms with Crippen LogP contribution in [0.4, 0.5) is 0 Å². The van der Waals surface area contributed by atoms with Gasteiger partial charge in [-0.05, 0) is 23.6 Å². The minimum Gasteiger partial charge on any atom is -0.353 e. The maximum absolute atomic E-state index is 12.3. The second-order valence-corrected chi connectivity index (χ2v) is 7.41. The number of fused-ring (bicyclic) bond motifs is 1. The van der Waals surface area contributed by atoms with Gasteiger partial charge in [0, 0.05) is 13.6 Å². The van der Waals surface area contributed by atoms with Gasteiger partial charge < -0.3 is 5.32 Å². The van der Waals surface area contributed by atoms with Crippen LogP contribution in [-0.4, -0.2) is 50.1 Å². The second-order valence-electron chi connectivity index (χ2n) is 6.46. The molecule has 0 unspecified atom stereocenters. The van der Waals surface area contributed by atoms with Crippen molar-refractivity contribution in [3.05, 3.63) is 63.4 Å². The highest BCUT2D eigenvalue weighted by atomic mass is 32.1. The summed E-state index contributed by atoms with van der Waals surface area (Å²) in [4.78, 5) is 50.9. The summed E-state index contributed by atoms with van der Waals surface area (Å²) in [5.41, 5.74) is 0.306. The van der Waals surface area contributed by atoms with Crippen LogP contribution >= 0.6 is 11.3 Å². The Morgan fingerprint density at radius 2 is 1.76 bits per heavy atom. The van der Waals surface area contributed by atoms with Gasteiger partial charge in [0.15, 0.2) is 5.82 Å². The zero-order valence-electron chi connectivity index (χ0n) is 15.5. The Hall–Kier alpha value is -3.53. The molecule has 1 aliphatic heterocycles. The third kappa shape index (κ3) is 3.38. The fourth-order valence-corrected chi connectivity index (χ4v) is 3.88. The monoisotopic (exact) mass is 411 g/mol. The van der Waals surface area contributed by atoms with E-state index in [9.17, 15) is 19.2 Å². The molecule has 0 saturated carbocycles. The number of hydrogen-bond acceptors (Lipinski definition) is 6. The number of aromatic nitrogens is 3. The van der Waals surface area contributed by atoms with Crippen molar-refractivity contribution in [2.75, 3.05) is 13.1 Å². The number of nitrogens with one attached hydrogen (secondary N) is 1. The molecule has 0 spiro atoms. The molecular weight excluding hydrogens is 394 g/mol. The van der Waals surface area contributed by atoms with Crippen molar-refractivity contribution in [2.24, 2.45) is 7.05 Å². The third-order valence-electron chi connectivity index (χ3n) is 4.61. The van der Waals surface area contributed by atoms with Crippen molar-refractivity contribution in [1.82, 2.24) is 24.6 Å². The first-order valence-electron chi connectivity index (χ1n) is 8.87. The summed E-state index contributed by atoms with van der Waals surface area (Å²) < 4.78 is 2.73. The summed E-state index contributed by atoms with van der Waals surface area (Å²) in [6.45, 7) is -0.0569. The summed E-state index contributed by atoms with van der Waals surface area (Å²) in [6.07, 6.45) is 0. The first-order valence-corrected chi connectivity index (χ1v) is 9.75. The molecule has 1 aliphatic rings. The van der Waals surface area contributed by atoms with Gasteiger partial charge in [-0.25, -0.2) is 9.48 Å². The maximum Gasteiger partial charge on any atom is 0.346 e. The summed E-state index contributed by atoms with van der Waals surface area (Å²) >= 11 is 1.48. The van der Waals surface area contributed by atoms with Crippen LogP contribution in [0.15, 0.2) is 46.6 Å². The summed E-state index contributed by atoms with van der Waals surface area (Å²) in [5.74, 6) is -0.895. The number of carbonyl (C=O) groups excluding carboxylic acids is 3. The first-order chi connectivity index (χ1) is 14.0. The van der Waals surface area contributed by atoms with Crippen LogP contribution in [0.5, 0.6) is 0 Å². The number of carbonyl (C=O) groups is 3. The highest BCUT2D eigenvalue weighted by molar-refractivity contribution is 7.13. The zero-order valence-corrected chi connectivity index (χ0v) is 16.3. The van der Waals surface area contributed by atoms with E-state index in [1.54, 1.807) is 31.3 Å². The van der Waals surface area contributed by atoms with E-state index in [4.69, 9.17) is 0 Å². The van der Waals surface area contributed by atoms with E-state index in [1.807, 2.05) is 17.5 Å². The molecule has 1 aromatic carbocycles. The quantitative estimate of drug-likeness (QED) is 0.602. The molecule has 9 nitrogen and oxygen atoms in total. The summed E-state index contributed by atoms with van der Waals surface area (Å²) in [5, 5.41) is 8.84. The minimum absolute atomic E-state index is 0.142. The third-order valence-corrected chi connectivity index (χ3v) is 5.47. The molecule has 2 aromatic heterocycles. The number of amides is 3. The van der Waals surface area contributed by atoms with E-state index in [-0.39, 0.29) is 25.3 Å². The van der Waals surface area contributed by atoms with E-state index in [0.29, 0.717) is 17.0 Å². The lowest BCUT2D eigenvalue weighted by Crippen LogP contribution is -2.41. The molecule has 3 amide bonds. The molecule has 0 saturated heterocycles. The van der Waals surface area contributed by atoms with Gasteiger partial charge in [0.2, 0.25) is 5.91 Å². The largest absolute Gasteiger partial charge is 0.353 e. The van der Waals surface area contributed by atoms with Crippen molar-refractivity contribution in [2.45, 2.75) is 6.54 Å². The van der Waals surface area contributed by atoms with E-state index in [0.717, 1.165) is 9.78 Å². The summed E-state index contributed by atoms with van der Waals surface area (Å²) in [6, 6.07) is 10.2. The Morgan fingerprint density at radius 1 is 1.07 bits per heavy atom. The SMILES string of the molecule is Cn1c(-c2cccs2)nn(CCNC(=O)CN2C(=O)c3ccccc3C2=O)c1=O. The molecule has 1 N–H and O–H groups in total. The molecule has 3 aromatic rings. The first kappa shape index (κ1) is 18.8. The highest BCUT2D eigenvalue weighted by Crippen LogP contribution is 2.22. The van der Waals surface area contributed by atoms with Gasteiger partial charge in [-0.2, -0.15) is 0 Å². The molecule has 4 rings (SSSR count). The summed E-state index contributed by atoms with van der Waals surface area (Å²) in [7, 11) is 1.64. The minimum atomic E-state index is -0.484. The van der Waals surface area contributed by atoms with Crippen LogP contribution in [0, 0.1) is 0 Å². The van der Waals surface area contributed by atoms with Crippen LogP contribution in [0.1, 0.15) is 20.7 Å². The molecule has 0 bridgehead atoms. The molecule has 0 atom stereocenters. The molecule has 148 valence electrons. The van der Waals surface area contributed by atoms with Crippen LogP contribution in [0.25, 0.3) is 10.7 Å². The smallest absolute Gasteiger partial charge is 0.346 e. The average molecular weight is 411 g/mol. The van der Waals surface area contributed by atoms with Crippen molar-refractivity contribution < 1.29 is 14.4 Å². The Kier molecular flexibility index (Phi) is 4.85. The van der Waals surface area contributed by atoms with E-state index in [2.05, 4.69) is 10.4 Å². The topological polar surface area (TPSA) is 106 Å². The number of benzene rings is 1. The molecule has 0 aliphatic carbocycles. The predicted molar refractivity (Wildman–Crippen MR) is 106 cm³/mol. The lowest BCUT2D eigenvalue weighted by molar-refractivity contribution is -0.121. The fourth-order valence-electron chi connectivity index (χ4n) is 3.14. The lowest BCUT2D eigenvalue weighted by Gasteiger charge is -2.13. The Bertz CT molecular complexity index is 1130. The van der Waals surface area contributed by atoms with Crippen LogP contribution < -0.4 is 11.0 Å². The number of nitrogens with zero attached hydrogens (tertiary/aromatic N) is 4. The molecule has 3 heterocycles. The van der Waals surface area contributed by atoms with Gasteiger partial charge in [0.25, 0.3) is 11.8 Å². The van der Waals surface area contributed by atoms with Crippen molar-refractivity contribution in [3.8, 4) is 10.7 Å². The van der Waals surface area contributed by atoms with Gasteiger partial charge in [0.05, 0.1) is 22.5 Å².